The van der Waals surface area contributed by atoms with Crippen molar-refractivity contribution in [3.63, 3.8) is 0 Å². The third-order valence-electron chi connectivity index (χ3n) is 8.43. The predicted molar refractivity (Wildman–Crippen MR) is 159 cm³/mol. The second-order valence-electron chi connectivity index (χ2n) is 11.4. The van der Waals surface area contributed by atoms with Crippen molar-refractivity contribution in [1.82, 2.24) is 34.0 Å². The molecule has 9 nitrogen and oxygen atoms in total. The number of hydrogen-bond acceptors (Lipinski definition) is 6. The Morgan fingerprint density at radius 3 is 2.80 bits per heavy atom. The van der Waals surface area contributed by atoms with E-state index in [4.69, 9.17) is 21.7 Å². The first-order valence-corrected chi connectivity index (χ1v) is 14.4. The summed E-state index contributed by atoms with van der Waals surface area (Å²) in [6.45, 7) is 7.83. The molecule has 0 spiro atoms. The average Bonchev–Trinajstić information content (AvgIpc) is 3.61. The molecule has 2 unspecified atom stereocenters. The first-order valence-electron chi connectivity index (χ1n) is 14.1. The summed E-state index contributed by atoms with van der Waals surface area (Å²) in [5.41, 5.74) is 5.64. The van der Waals surface area contributed by atoms with Gasteiger partial charge in [0.2, 0.25) is 0 Å². The van der Waals surface area contributed by atoms with Gasteiger partial charge in [-0.05, 0) is 76.0 Å². The number of piperidine rings is 1. The molecule has 2 aliphatic rings. The van der Waals surface area contributed by atoms with Crippen LogP contribution in [-0.2, 0) is 13.1 Å². The SMILES string of the molecule is Cc1cc(C(C)Nc2ccc(Cl)nc2-c2cnn(C3CCCN(C)C3)c2)c2c(c1)c(=O)n1c3c2cnn3CCC1. The van der Waals surface area contributed by atoms with Crippen molar-refractivity contribution in [2.45, 2.75) is 58.3 Å². The first kappa shape index (κ1) is 25.3. The molecule has 1 aromatic carbocycles. The molecular formula is C30H33ClN8O. The smallest absolute Gasteiger partial charge is 0.260 e. The minimum absolute atomic E-state index is 0.0516. The second-order valence-corrected chi connectivity index (χ2v) is 11.7. The highest BCUT2D eigenvalue weighted by molar-refractivity contribution is 6.29. The summed E-state index contributed by atoms with van der Waals surface area (Å²) in [5.74, 6) is 0. The van der Waals surface area contributed by atoms with Gasteiger partial charge in [-0.3, -0.25) is 14.0 Å². The molecule has 206 valence electrons. The molecule has 5 aromatic rings. The number of fused-ring (bicyclic) bond motifs is 2. The molecule has 0 aliphatic carbocycles. The quantitative estimate of drug-likeness (QED) is 0.291. The zero-order valence-corrected chi connectivity index (χ0v) is 23.8. The van der Waals surface area contributed by atoms with Crippen molar-refractivity contribution in [2.24, 2.45) is 0 Å². The number of aromatic nitrogens is 6. The Balaban J connectivity index is 1.29. The molecule has 7 rings (SSSR count). The third kappa shape index (κ3) is 4.19. The van der Waals surface area contributed by atoms with Gasteiger partial charge in [-0.1, -0.05) is 17.7 Å². The maximum Gasteiger partial charge on any atom is 0.260 e. The lowest BCUT2D eigenvalue weighted by atomic mass is 9.95. The summed E-state index contributed by atoms with van der Waals surface area (Å²) in [5, 5.41) is 16.2. The van der Waals surface area contributed by atoms with Gasteiger partial charge in [-0.2, -0.15) is 10.2 Å². The second kappa shape index (κ2) is 9.74. The number of likely N-dealkylation sites (N-methyl/N-ethyl adjacent to an activating group) is 1. The highest BCUT2D eigenvalue weighted by atomic mass is 35.5. The van der Waals surface area contributed by atoms with Crippen molar-refractivity contribution in [3.05, 3.63) is 69.5 Å². The fourth-order valence-corrected chi connectivity index (χ4v) is 6.70. The number of aryl methyl sites for hydroxylation is 3. The van der Waals surface area contributed by atoms with E-state index in [1.54, 1.807) is 0 Å². The Labute approximate surface area is 237 Å². The van der Waals surface area contributed by atoms with Crippen LogP contribution in [0.5, 0.6) is 0 Å². The van der Waals surface area contributed by atoms with Crippen LogP contribution in [0.2, 0.25) is 5.15 Å². The molecule has 0 saturated carbocycles. The number of halogens is 1. The number of pyridine rings is 2. The van der Waals surface area contributed by atoms with Crippen molar-refractivity contribution in [2.75, 3.05) is 25.5 Å². The predicted octanol–water partition coefficient (Wildman–Crippen LogP) is 5.42. The van der Waals surface area contributed by atoms with Gasteiger partial charge in [-0.25, -0.2) is 9.67 Å². The number of likely N-dealkylation sites (tertiary alicyclic amines) is 1. The summed E-state index contributed by atoms with van der Waals surface area (Å²) < 4.78 is 5.92. The summed E-state index contributed by atoms with van der Waals surface area (Å²) in [6.07, 6.45) is 9.06. The molecule has 6 heterocycles. The van der Waals surface area contributed by atoms with E-state index in [-0.39, 0.29) is 11.6 Å². The molecule has 1 fully saturated rings. The van der Waals surface area contributed by atoms with Crippen LogP contribution in [0.25, 0.3) is 33.1 Å². The van der Waals surface area contributed by atoms with E-state index in [1.807, 2.05) is 46.8 Å². The topological polar surface area (TPSA) is 85.8 Å². The highest BCUT2D eigenvalue weighted by Gasteiger charge is 2.24. The van der Waals surface area contributed by atoms with Gasteiger partial charge in [0.15, 0.2) is 0 Å². The summed E-state index contributed by atoms with van der Waals surface area (Å²) >= 11 is 6.39. The maximum absolute atomic E-state index is 13.6. The van der Waals surface area contributed by atoms with Gasteiger partial charge in [-0.15, -0.1) is 0 Å². The van der Waals surface area contributed by atoms with Crippen LogP contribution in [0.3, 0.4) is 0 Å². The van der Waals surface area contributed by atoms with Crippen molar-refractivity contribution in [1.29, 1.82) is 0 Å². The minimum Gasteiger partial charge on any atom is -0.377 e. The lowest BCUT2D eigenvalue weighted by molar-refractivity contribution is 0.202. The number of hydrogen-bond donors (Lipinski definition) is 1. The van der Waals surface area contributed by atoms with E-state index in [1.165, 1.54) is 0 Å². The van der Waals surface area contributed by atoms with Crippen molar-refractivity contribution >= 4 is 39.1 Å². The Morgan fingerprint density at radius 2 is 1.95 bits per heavy atom. The van der Waals surface area contributed by atoms with E-state index in [9.17, 15) is 4.79 Å². The van der Waals surface area contributed by atoms with E-state index in [0.717, 1.165) is 95.3 Å². The maximum atomic E-state index is 13.6. The standard InChI is InChI=1S/C30H33ClN8O/c1-18-12-22(27-23(13-18)30(40)37-10-5-11-38-29(37)24(27)15-33-38)19(2)34-25-7-8-26(31)35-28(25)20-14-32-39(16-20)21-6-4-9-36(3)17-21/h7-8,12-16,19,21,34H,4-6,9-11,17H2,1-3H3. The fourth-order valence-electron chi connectivity index (χ4n) is 6.55. The van der Waals surface area contributed by atoms with Crippen molar-refractivity contribution in [3.8, 4) is 11.3 Å². The molecule has 0 amide bonds. The Hall–Kier alpha value is -3.69. The number of nitrogens with zero attached hydrogens (tertiary/aromatic N) is 7. The number of nitrogens with one attached hydrogen (secondary N) is 1. The van der Waals surface area contributed by atoms with Gasteiger partial charge >= 0.3 is 0 Å². The van der Waals surface area contributed by atoms with Gasteiger partial charge in [0.1, 0.15) is 10.8 Å². The molecule has 2 atom stereocenters. The molecule has 0 bridgehead atoms. The zero-order chi connectivity index (χ0) is 27.5. The van der Waals surface area contributed by atoms with E-state index < -0.39 is 0 Å². The summed E-state index contributed by atoms with van der Waals surface area (Å²) in [7, 11) is 2.16. The monoisotopic (exact) mass is 556 g/mol. The van der Waals surface area contributed by atoms with Crippen LogP contribution in [0.4, 0.5) is 5.69 Å². The van der Waals surface area contributed by atoms with Crippen molar-refractivity contribution < 1.29 is 0 Å². The van der Waals surface area contributed by atoms with Gasteiger partial charge in [0.05, 0.1) is 29.8 Å². The largest absolute Gasteiger partial charge is 0.377 e. The lowest BCUT2D eigenvalue weighted by Crippen LogP contribution is -2.33. The molecule has 4 aromatic heterocycles. The van der Waals surface area contributed by atoms with Crippen LogP contribution >= 0.6 is 11.6 Å². The zero-order valence-electron chi connectivity index (χ0n) is 23.1. The van der Waals surface area contributed by atoms with Gasteiger partial charge in [0, 0.05) is 53.6 Å². The van der Waals surface area contributed by atoms with Gasteiger partial charge < -0.3 is 10.2 Å². The van der Waals surface area contributed by atoms with E-state index >= 15 is 0 Å². The first-order chi connectivity index (χ1) is 19.4. The number of benzene rings is 1. The average molecular weight is 557 g/mol. The Bertz CT molecular complexity index is 1820. The van der Waals surface area contributed by atoms with Crippen LogP contribution in [-0.4, -0.2) is 54.1 Å². The summed E-state index contributed by atoms with van der Waals surface area (Å²) in [6, 6.07) is 8.20. The third-order valence-corrected chi connectivity index (χ3v) is 8.64. The molecule has 10 heteroatoms. The van der Waals surface area contributed by atoms with Gasteiger partial charge in [0.25, 0.3) is 5.56 Å². The molecule has 40 heavy (non-hydrogen) atoms. The summed E-state index contributed by atoms with van der Waals surface area (Å²) in [4.78, 5) is 20.7. The molecule has 1 saturated heterocycles. The minimum atomic E-state index is -0.115. The van der Waals surface area contributed by atoms with Crippen LogP contribution in [0, 0.1) is 6.92 Å². The number of rotatable bonds is 5. The Morgan fingerprint density at radius 1 is 1.07 bits per heavy atom. The van der Waals surface area contributed by atoms with E-state index in [2.05, 4.69) is 46.2 Å². The Kier molecular flexibility index (Phi) is 6.16. The van der Waals surface area contributed by atoms with Crippen LogP contribution in [0.15, 0.2) is 47.7 Å². The van der Waals surface area contributed by atoms with Crippen LogP contribution in [0.1, 0.15) is 49.4 Å². The van der Waals surface area contributed by atoms with E-state index in [0.29, 0.717) is 11.2 Å². The lowest BCUT2D eigenvalue weighted by Gasteiger charge is -2.29. The van der Waals surface area contributed by atoms with Crippen LogP contribution < -0.4 is 10.9 Å². The molecular weight excluding hydrogens is 524 g/mol. The number of anilines is 1. The molecule has 1 N–H and O–H groups in total. The molecule has 2 aliphatic heterocycles. The highest BCUT2D eigenvalue weighted by Crippen LogP contribution is 2.36. The normalized spacial score (nSPS) is 18.4. The molecule has 0 radical (unpaired) electrons. The fraction of sp³-hybridized carbons (Fsp3) is 0.400.